The summed E-state index contributed by atoms with van der Waals surface area (Å²) in [5.41, 5.74) is 0.174. The molecule has 1 aliphatic carbocycles. The van der Waals surface area contributed by atoms with E-state index >= 15 is 0 Å². The van der Waals surface area contributed by atoms with Gasteiger partial charge in [0.1, 0.15) is 0 Å². The molecule has 22 heavy (non-hydrogen) atoms. The van der Waals surface area contributed by atoms with Crippen LogP contribution in [0.5, 0.6) is 0 Å². The molecule has 1 saturated carbocycles. The second-order valence-corrected chi connectivity index (χ2v) is 9.09. The van der Waals surface area contributed by atoms with Crippen LogP contribution in [-0.2, 0) is 0 Å². The van der Waals surface area contributed by atoms with Crippen LogP contribution in [-0.4, -0.2) is 47.5 Å². The lowest BCUT2D eigenvalue weighted by atomic mass is 9.86. The Morgan fingerprint density at radius 2 is 1.59 bits per heavy atom. The zero-order valence-electron chi connectivity index (χ0n) is 15.2. The highest BCUT2D eigenvalue weighted by Crippen LogP contribution is 2.34. The van der Waals surface area contributed by atoms with Gasteiger partial charge in [-0.15, -0.1) is 0 Å². The van der Waals surface area contributed by atoms with E-state index < -0.39 is 0 Å². The highest BCUT2D eigenvalue weighted by atomic mass is 16.3. The predicted molar refractivity (Wildman–Crippen MR) is 93.1 cm³/mol. The molecule has 2 fully saturated rings. The van der Waals surface area contributed by atoms with Crippen molar-refractivity contribution in [2.75, 3.05) is 13.1 Å². The van der Waals surface area contributed by atoms with Crippen molar-refractivity contribution in [3.8, 4) is 0 Å². The van der Waals surface area contributed by atoms with Crippen molar-refractivity contribution in [2.24, 2.45) is 5.92 Å². The predicted octanol–water partition coefficient (Wildman–Crippen LogP) is 2.02. The number of nitrogens with one attached hydrogen (secondary N) is 3. The van der Waals surface area contributed by atoms with E-state index in [4.69, 9.17) is 0 Å². The van der Waals surface area contributed by atoms with Gasteiger partial charge in [-0.1, -0.05) is 0 Å². The lowest BCUT2D eigenvalue weighted by Gasteiger charge is -2.37. The van der Waals surface area contributed by atoms with Crippen LogP contribution in [0.4, 0.5) is 0 Å². The summed E-state index contributed by atoms with van der Waals surface area (Å²) in [6.45, 7) is 13.4. The van der Waals surface area contributed by atoms with E-state index in [1.54, 1.807) is 0 Å². The first-order valence-electron chi connectivity index (χ1n) is 9.10. The van der Waals surface area contributed by atoms with E-state index in [1.165, 1.54) is 12.8 Å². The number of aliphatic hydroxyl groups excluding tert-OH is 1. The van der Waals surface area contributed by atoms with Gasteiger partial charge in [-0.3, -0.25) is 0 Å². The van der Waals surface area contributed by atoms with E-state index in [-0.39, 0.29) is 23.2 Å². The van der Waals surface area contributed by atoms with Crippen LogP contribution in [0.2, 0.25) is 0 Å². The summed E-state index contributed by atoms with van der Waals surface area (Å²) in [5, 5.41) is 21.5. The Morgan fingerprint density at radius 3 is 2.18 bits per heavy atom. The normalized spacial score (nSPS) is 31.6. The average molecular weight is 312 g/mol. The SMILES string of the molecule is CC(C)(C)NC1CCC(CC(C)(C)NC2CCNCC2)C1O. The van der Waals surface area contributed by atoms with Gasteiger partial charge in [0.25, 0.3) is 0 Å². The minimum Gasteiger partial charge on any atom is -0.391 e. The van der Waals surface area contributed by atoms with Crippen molar-refractivity contribution in [2.45, 2.75) is 96.0 Å². The Hall–Kier alpha value is -0.160. The fraction of sp³-hybridized carbons (Fsp3) is 1.00. The Bertz CT molecular complexity index is 345. The van der Waals surface area contributed by atoms with E-state index in [1.807, 2.05) is 0 Å². The first-order valence-corrected chi connectivity index (χ1v) is 9.10. The molecule has 3 atom stereocenters. The zero-order valence-corrected chi connectivity index (χ0v) is 15.2. The van der Waals surface area contributed by atoms with Gasteiger partial charge in [0.2, 0.25) is 0 Å². The lowest BCUT2D eigenvalue weighted by Crippen LogP contribution is -2.52. The molecule has 4 heteroatoms. The fourth-order valence-corrected chi connectivity index (χ4v) is 4.23. The molecule has 1 aliphatic heterocycles. The molecule has 0 spiro atoms. The van der Waals surface area contributed by atoms with Gasteiger partial charge in [0, 0.05) is 23.2 Å². The molecule has 0 radical (unpaired) electrons. The molecule has 0 amide bonds. The smallest absolute Gasteiger partial charge is 0.0722 e. The summed E-state index contributed by atoms with van der Waals surface area (Å²) in [7, 11) is 0. The summed E-state index contributed by atoms with van der Waals surface area (Å²) in [6, 6.07) is 0.873. The molecule has 0 aromatic heterocycles. The van der Waals surface area contributed by atoms with Crippen LogP contribution in [0, 0.1) is 5.92 Å². The van der Waals surface area contributed by atoms with Crippen LogP contribution >= 0.6 is 0 Å². The largest absolute Gasteiger partial charge is 0.391 e. The number of hydrogen-bond donors (Lipinski definition) is 4. The van der Waals surface area contributed by atoms with E-state index in [0.29, 0.717) is 12.0 Å². The van der Waals surface area contributed by atoms with E-state index in [0.717, 1.165) is 32.4 Å². The number of piperidine rings is 1. The monoisotopic (exact) mass is 311 g/mol. The number of hydrogen-bond acceptors (Lipinski definition) is 4. The van der Waals surface area contributed by atoms with Crippen molar-refractivity contribution in [1.29, 1.82) is 0 Å². The Morgan fingerprint density at radius 1 is 0.955 bits per heavy atom. The molecule has 130 valence electrons. The quantitative estimate of drug-likeness (QED) is 0.627. The third-order valence-electron chi connectivity index (χ3n) is 5.07. The number of rotatable bonds is 5. The molecule has 4 nitrogen and oxygen atoms in total. The maximum Gasteiger partial charge on any atom is 0.0722 e. The topological polar surface area (TPSA) is 56.3 Å². The molecule has 1 heterocycles. The molecule has 2 aliphatic rings. The van der Waals surface area contributed by atoms with Crippen LogP contribution in [0.3, 0.4) is 0 Å². The van der Waals surface area contributed by atoms with Crippen LogP contribution in [0.15, 0.2) is 0 Å². The fourth-order valence-electron chi connectivity index (χ4n) is 4.23. The molecular formula is C18H37N3O. The average Bonchev–Trinajstić information content (AvgIpc) is 2.70. The van der Waals surface area contributed by atoms with E-state index in [9.17, 15) is 5.11 Å². The van der Waals surface area contributed by atoms with Crippen molar-refractivity contribution in [3.63, 3.8) is 0 Å². The molecule has 0 bridgehead atoms. The molecule has 0 aromatic rings. The third-order valence-corrected chi connectivity index (χ3v) is 5.07. The Labute approximate surface area is 136 Å². The van der Waals surface area contributed by atoms with Gasteiger partial charge in [-0.25, -0.2) is 0 Å². The van der Waals surface area contributed by atoms with Crippen LogP contribution < -0.4 is 16.0 Å². The summed E-state index contributed by atoms with van der Waals surface area (Å²) in [4.78, 5) is 0. The minimum absolute atomic E-state index is 0.0728. The summed E-state index contributed by atoms with van der Waals surface area (Å²) < 4.78 is 0. The number of aliphatic hydroxyl groups is 1. The van der Waals surface area contributed by atoms with Gasteiger partial charge < -0.3 is 21.1 Å². The van der Waals surface area contributed by atoms with Crippen molar-refractivity contribution >= 4 is 0 Å². The first kappa shape index (κ1) is 18.2. The Balaban J connectivity index is 1.84. The minimum atomic E-state index is -0.215. The second kappa shape index (κ2) is 7.16. The van der Waals surface area contributed by atoms with Crippen molar-refractivity contribution in [3.05, 3.63) is 0 Å². The lowest BCUT2D eigenvalue weighted by molar-refractivity contribution is 0.0777. The molecule has 4 N–H and O–H groups in total. The Kier molecular flexibility index (Phi) is 5.92. The standard InChI is InChI=1S/C18H37N3O/c1-17(2,3)21-15-7-6-13(16(15)22)12-18(4,5)20-14-8-10-19-11-9-14/h13-16,19-22H,6-12H2,1-5H3. The zero-order chi connectivity index (χ0) is 16.4. The van der Waals surface area contributed by atoms with Gasteiger partial charge in [-0.05, 0) is 85.7 Å². The third kappa shape index (κ3) is 5.48. The van der Waals surface area contributed by atoms with Gasteiger partial charge in [0.05, 0.1) is 6.10 Å². The van der Waals surface area contributed by atoms with Crippen molar-refractivity contribution < 1.29 is 5.11 Å². The highest BCUT2D eigenvalue weighted by Gasteiger charge is 2.39. The summed E-state index contributed by atoms with van der Waals surface area (Å²) >= 11 is 0. The first-order chi connectivity index (χ1) is 10.2. The van der Waals surface area contributed by atoms with E-state index in [2.05, 4.69) is 50.6 Å². The molecule has 3 unspecified atom stereocenters. The maximum atomic E-state index is 10.7. The summed E-state index contributed by atoms with van der Waals surface area (Å²) in [6.07, 6.45) is 5.49. The highest BCUT2D eigenvalue weighted by molar-refractivity contribution is 4.96. The molecular weight excluding hydrogens is 274 g/mol. The van der Waals surface area contributed by atoms with Gasteiger partial charge >= 0.3 is 0 Å². The maximum absolute atomic E-state index is 10.7. The van der Waals surface area contributed by atoms with Gasteiger partial charge in [-0.2, -0.15) is 0 Å². The molecule has 2 rings (SSSR count). The van der Waals surface area contributed by atoms with Crippen LogP contribution in [0.1, 0.15) is 66.7 Å². The van der Waals surface area contributed by atoms with Crippen LogP contribution in [0.25, 0.3) is 0 Å². The van der Waals surface area contributed by atoms with Crippen molar-refractivity contribution in [1.82, 2.24) is 16.0 Å². The summed E-state index contributed by atoms with van der Waals surface area (Å²) in [5.74, 6) is 0.407. The second-order valence-electron chi connectivity index (χ2n) is 9.09. The molecule has 1 saturated heterocycles. The molecule has 0 aromatic carbocycles. The van der Waals surface area contributed by atoms with Gasteiger partial charge in [0.15, 0.2) is 0 Å².